The van der Waals surface area contributed by atoms with E-state index in [0.29, 0.717) is 11.3 Å². The molecule has 0 aliphatic heterocycles. The molecule has 0 heterocycles. The third-order valence-electron chi connectivity index (χ3n) is 6.14. The summed E-state index contributed by atoms with van der Waals surface area (Å²) in [7, 11) is 2.30. The molecule has 3 atom stereocenters. The Hall–Kier alpha value is -0.0800. The second kappa shape index (κ2) is 7.46. The van der Waals surface area contributed by atoms with Crippen molar-refractivity contribution in [3.63, 3.8) is 0 Å². The van der Waals surface area contributed by atoms with Crippen LogP contribution in [0.2, 0.25) is 0 Å². The Morgan fingerprint density at radius 3 is 2.14 bits per heavy atom. The van der Waals surface area contributed by atoms with Gasteiger partial charge in [-0.15, -0.1) is 0 Å². The van der Waals surface area contributed by atoms with Gasteiger partial charge in [0.2, 0.25) is 0 Å². The van der Waals surface area contributed by atoms with Crippen LogP contribution in [0.1, 0.15) is 78.6 Å². The Morgan fingerprint density at radius 2 is 1.57 bits per heavy atom. The summed E-state index contributed by atoms with van der Waals surface area (Å²) < 4.78 is 0. The highest BCUT2D eigenvalue weighted by Gasteiger charge is 2.36. The second-order valence-electron chi connectivity index (χ2n) is 8.79. The van der Waals surface area contributed by atoms with Crippen molar-refractivity contribution in [1.82, 2.24) is 4.90 Å². The molecular weight excluding hydrogens is 258 g/mol. The van der Waals surface area contributed by atoms with Crippen molar-refractivity contribution in [2.75, 3.05) is 13.6 Å². The molecule has 2 nitrogen and oxygen atoms in total. The van der Waals surface area contributed by atoms with E-state index in [1.807, 2.05) is 0 Å². The monoisotopic (exact) mass is 295 g/mol. The normalized spacial score (nSPS) is 33.1. The maximum absolute atomic E-state index is 10.4. The molecule has 2 rings (SSSR count). The van der Waals surface area contributed by atoms with Crippen LogP contribution in [0.15, 0.2) is 0 Å². The molecular formula is C19H37NO. The van der Waals surface area contributed by atoms with Gasteiger partial charge in [-0.25, -0.2) is 0 Å². The van der Waals surface area contributed by atoms with Gasteiger partial charge in [0.15, 0.2) is 0 Å². The first-order valence-corrected chi connectivity index (χ1v) is 9.26. The van der Waals surface area contributed by atoms with Crippen LogP contribution >= 0.6 is 0 Å². The Kier molecular flexibility index (Phi) is 6.14. The molecule has 0 amide bonds. The molecule has 2 heteroatoms. The largest absolute Gasteiger partial charge is 0.393 e. The summed E-state index contributed by atoms with van der Waals surface area (Å²) in [5.41, 5.74) is 0.388. The van der Waals surface area contributed by atoms with E-state index in [4.69, 9.17) is 0 Å². The fourth-order valence-electron chi connectivity index (χ4n) is 4.45. The van der Waals surface area contributed by atoms with E-state index in [-0.39, 0.29) is 6.10 Å². The van der Waals surface area contributed by atoms with Crippen LogP contribution in [-0.4, -0.2) is 35.7 Å². The summed E-state index contributed by atoms with van der Waals surface area (Å²) in [6.07, 6.45) is 11.7. The first kappa shape index (κ1) is 17.3. The van der Waals surface area contributed by atoms with E-state index in [0.717, 1.165) is 24.9 Å². The van der Waals surface area contributed by atoms with Gasteiger partial charge in [-0.1, -0.05) is 46.5 Å². The third kappa shape index (κ3) is 4.96. The molecule has 0 saturated heterocycles. The first-order chi connectivity index (χ1) is 9.88. The number of hydrogen-bond acceptors (Lipinski definition) is 2. The van der Waals surface area contributed by atoms with Crippen molar-refractivity contribution in [2.45, 2.75) is 90.7 Å². The van der Waals surface area contributed by atoms with E-state index >= 15 is 0 Å². The van der Waals surface area contributed by atoms with E-state index < -0.39 is 0 Å². The fraction of sp³-hybridized carbons (Fsp3) is 1.00. The molecule has 0 radical (unpaired) electrons. The topological polar surface area (TPSA) is 23.5 Å². The predicted molar refractivity (Wildman–Crippen MR) is 90.4 cm³/mol. The Labute approximate surface area is 132 Å². The molecule has 124 valence electrons. The fourth-order valence-corrected chi connectivity index (χ4v) is 4.45. The van der Waals surface area contributed by atoms with Crippen molar-refractivity contribution >= 4 is 0 Å². The molecule has 0 bridgehead atoms. The minimum absolute atomic E-state index is 0.0724. The van der Waals surface area contributed by atoms with E-state index in [2.05, 4.69) is 32.7 Å². The first-order valence-electron chi connectivity index (χ1n) is 9.26. The Balaban J connectivity index is 1.89. The summed E-state index contributed by atoms with van der Waals surface area (Å²) in [6.45, 7) is 8.18. The number of nitrogens with zero attached hydrogens (tertiary/aromatic N) is 1. The average Bonchev–Trinajstić information content (AvgIpc) is 2.68. The summed E-state index contributed by atoms with van der Waals surface area (Å²) in [6, 6.07) is 0.759. The van der Waals surface area contributed by atoms with Crippen molar-refractivity contribution in [2.24, 2.45) is 17.3 Å². The molecule has 2 aliphatic carbocycles. The molecule has 0 aromatic rings. The summed E-state index contributed by atoms with van der Waals surface area (Å²) >= 11 is 0. The van der Waals surface area contributed by atoms with Gasteiger partial charge < -0.3 is 10.0 Å². The molecule has 3 unspecified atom stereocenters. The predicted octanol–water partition coefficient (Wildman–Crippen LogP) is 4.46. The van der Waals surface area contributed by atoms with Gasteiger partial charge in [0.25, 0.3) is 0 Å². The van der Waals surface area contributed by atoms with Gasteiger partial charge in [-0.3, -0.25) is 0 Å². The van der Waals surface area contributed by atoms with Gasteiger partial charge in [0.05, 0.1) is 6.10 Å². The quantitative estimate of drug-likeness (QED) is 0.777. The number of aliphatic hydroxyl groups excluding tert-OH is 1. The third-order valence-corrected chi connectivity index (χ3v) is 6.14. The zero-order valence-corrected chi connectivity index (χ0v) is 14.8. The van der Waals surface area contributed by atoms with Gasteiger partial charge in [-0.2, -0.15) is 0 Å². The highest BCUT2D eigenvalue weighted by atomic mass is 16.3. The van der Waals surface area contributed by atoms with E-state index in [1.54, 1.807) is 0 Å². The number of rotatable bonds is 3. The molecule has 0 aromatic carbocycles. The lowest BCUT2D eigenvalue weighted by Crippen LogP contribution is -2.43. The van der Waals surface area contributed by atoms with Crippen LogP contribution in [-0.2, 0) is 0 Å². The lowest BCUT2D eigenvalue weighted by Gasteiger charge is -2.42. The van der Waals surface area contributed by atoms with Gasteiger partial charge >= 0.3 is 0 Å². The van der Waals surface area contributed by atoms with Crippen molar-refractivity contribution in [3.05, 3.63) is 0 Å². The van der Waals surface area contributed by atoms with Crippen LogP contribution < -0.4 is 0 Å². The lowest BCUT2D eigenvalue weighted by molar-refractivity contribution is 0.000377. The lowest BCUT2D eigenvalue weighted by atomic mass is 9.68. The molecule has 0 spiro atoms. The molecule has 0 aromatic heterocycles. The summed E-state index contributed by atoms with van der Waals surface area (Å²) in [5, 5.41) is 10.4. The number of aliphatic hydroxyl groups is 1. The maximum Gasteiger partial charge on any atom is 0.0580 e. The summed E-state index contributed by atoms with van der Waals surface area (Å²) in [4.78, 5) is 2.57. The van der Waals surface area contributed by atoms with Gasteiger partial charge in [-0.05, 0) is 56.4 Å². The highest BCUT2D eigenvalue weighted by molar-refractivity contribution is 4.87. The molecule has 1 N–H and O–H groups in total. The second-order valence-corrected chi connectivity index (χ2v) is 8.79. The zero-order chi connectivity index (χ0) is 15.5. The zero-order valence-electron chi connectivity index (χ0n) is 14.8. The molecule has 2 fully saturated rings. The van der Waals surface area contributed by atoms with Crippen LogP contribution in [0.25, 0.3) is 0 Å². The Morgan fingerprint density at radius 1 is 0.952 bits per heavy atom. The average molecular weight is 296 g/mol. The van der Waals surface area contributed by atoms with Crippen molar-refractivity contribution < 1.29 is 5.11 Å². The smallest absolute Gasteiger partial charge is 0.0580 e. The Bertz CT molecular complexity index is 301. The van der Waals surface area contributed by atoms with Crippen molar-refractivity contribution in [3.8, 4) is 0 Å². The number of hydrogen-bond donors (Lipinski definition) is 1. The molecule has 2 aliphatic rings. The van der Waals surface area contributed by atoms with Crippen molar-refractivity contribution in [1.29, 1.82) is 0 Å². The molecule has 2 saturated carbocycles. The highest BCUT2D eigenvalue weighted by Crippen LogP contribution is 2.40. The van der Waals surface area contributed by atoms with Crippen LogP contribution in [0.3, 0.4) is 0 Å². The summed E-state index contributed by atoms with van der Waals surface area (Å²) in [5.74, 6) is 1.25. The van der Waals surface area contributed by atoms with Crippen LogP contribution in [0, 0.1) is 17.3 Å². The molecule has 21 heavy (non-hydrogen) atoms. The minimum Gasteiger partial charge on any atom is -0.393 e. The van der Waals surface area contributed by atoms with Gasteiger partial charge in [0, 0.05) is 12.6 Å². The SMILES string of the molecule is CN(CC1CC(C(C)(C)C)CCC1O)C1CCCCCC1. The minimum atomic E-state index is -0.0724. The maximum atomic E-state index is 10.4. The standard InChI is InChI=1S/C19H37NO/c1-19(2,3)16-11-12-18(21)15(13-16)14-20(4)17-9-7-5-6-8-10-17/h15-18,21H,5-14H2,1-4H3. The van der Waals surface area contributed by atoms with E-state index in [1.165, 1.54) is 51.4 Å². The van der Waals surface area contributed by atoms with Crippen LogP contribution in [0.4, 0.5) is 0 Å². The van der Waals surface area contributed by atoms with Crippen LogP contribution in [0.5, 0.6) is 0 Å². The van der Waals surface area contributed by atoms with E-state index in [9.17, 15) is 5.11 Å². The van der Waals surface area contributed by atoms with Gasteiger partial charge in [0.1, 0.15) is 0 Å².